The van der Waals surface area contributed by atoms with E-state index in [2.05, 4.69) is 31.2 Å². The number of benzene rings is 1. The predicted octanol–water partition coefficient (Wildman–Crippen LogP) is 4.87. The lowest BCUT2D eigenvalue weighted by Gasteiger charge is -2.27. The van der Waals surface area contributed by atoms with Crippen molar-refractivity contribution in [1.29, 1.82) is 0 Å². The van der Waals surface area contributed by atoms with Gasteiger partial charge in [0, 0.05) is 23.9 Å². The number of thiophene rings is 1. The largest absolute Gasteiger partial charge is 0.465 e. The maximum absolute atomic E-state index is 12.4. The number of aliphatic hydroxyl groups is 1. The number of carbonyl (C=O) groups excluding carboxylic acids is 2. The Morgan fingerprint density at radius 3 is 2.72 bits per heavy atom. The second kappa shape index (κ2) is 12.2. The third-order valence-corrected chi connectivity index (χ3v) is 7.63. The van der Waals surface area contributed by atoms with Crippen molar-refractivity contribution in [2.45, 2.75) is 70.4 Å². The van der Waals surface area contributed by atoms with Crippen LogP contribution in [0.3, 0.4) is 0 Å². The molecular weight excluding hydrogens is 422 g/mol. The van der Waals surface area contributed by atoms with Gasteiger partial charge in [-0.15, -0.1) is 11.3 Å². The van der Waals surface area contributed by atoms with Gasteiger partial charge in [-0.25, -0.2) is 4.79 Å². The average Bonchev–Trinajstić information content (AvgIpc) is 3.43. The van der Waals surface area contributed by atoms with Crippen LogP contribution in [0.2, 0.25) is 0 Å². The summed E-state index contributed by atoms with van der Waals surface area (Å²) in [5.74, 6) is 0.166. The molecule has 1 aliphatic rings. The summed E-state index contributed by atoms with van der Waals surface area (Å²) >= 11 is 1.46. The highest BCUT2D eigenvalue weighted by Gasteiger charge is 2.31. The lowest BCUT2D eigenvalue weighted by atomic mass is 9.92. The fourth-order valence-electron chi connectivity index (χ4n) is 4.43. The summed E-state index contributed by atoms with van der Waals surface area (Å²) in [6, 6.07) is 14.4. The van der Waals surface area contributed by atoms with E-state index in [1.807, 2.05) is 17.0 Å². The summed E-state index contributed by atoms with van der Waals surface area (Å²) in [5.41, 5.74) is 1.31. The van der Waals surface area contributed by atoms with Crippen molar-refractivity contribution in [3.8, 4) is 0 Å². The topological polar surface area (TPSA) is 66.8 Å². The quantitative estimate of drug-likeness (QED) is 0.462. The molecule has 2 heterocycles. The molecule has 1 saturated heterocycles. The Labute approximate surface area is 195 Å². The van der Waals surface area contributed by atoms with Crippen molar-refractivity contribution in [2.75, 3.05) is 13.7 Å². The monoisotopic (exact) mass is 457 g/mol. The highest BCUT2D eigenvalue weighted by atomic mass is 32.1. The van der Waals surface area contributed by atoms with Gasteiger partial charge in [0.15, 0.2) is 0 Å². The maximum atomic E-state index is 12.4. The van der Waals surface area contributed by atoms with Gasteiger partial charge in [0.25, 0.3) is 0 Å². The number of amides is 1. The fraction of sp³-hybridized carbons (Fsp3) is 0.538. The maximum Gasteiger partial charge on any atom is 0.348 e. The van der Waals surface area contributed by atoms with Crippen LogP contribution in [-0.2, 0) is 22.4 Å². The first-order valence-corrected chi connectivity index (χ1v) is 12.5. The van der Waals surface area contributed by atoms with Crippen molar-refractivity contribution in [2.24, 2.45) is 5.92 Å². The van der Waals surface area contributed by atoms with E-state index in [1.165, 1.54) is 24.0 Å². The molecule has 1 fully saturated rings. The number of aliphatic hydroxyl groups excluding tert-OH is 1. The first kappa shape index (κ1) is 24.5. The van der Waals surface area contributed by atoms with Crippen LogP contribution in [0.15, 0.2) is 42.5 Å². The Morgan fingerprint density at radius 1 is 1.19 bits per heavy atom. The molecule has 0 spiro atoms. The Balaban J connectivity index is 1.40. The number of likely N-dealkylation sites (tertiary alicyclic amines) is 1. The number of ether oxygens (including phenoxy) is 1. The van der Waals surface area contributed by atoms with E-state index in [9.17, 15) is 14.7 Å². The molecule has 0 saturated carbocycles. The molecule has 0 bridgehead atoms. The molecule has 1 aliphatic heterocycles. The molecular formula is C26H35NO4S. The predicted molar refractivity (Wildman–Crippen MR) is 128 cm³/mol. The zero-order valence-electron chi connectivity index (χ0n) is 19.2. The number of nitrogens with zero attached hydrogens (tertiary/aromatic N) is 1. The van der Waals surface area contributed by atoms with E-state index >= 15 is 0 Å². The molecule has 3 rings (SSSR count). The van der Waals surface area contributed by atoms with E-state index in [0.717, 1.165) is 56.4 Å². The number of carbonyl (C=O) groups is 2. The number of methoxy groups -OCH3 is 1. The van der Waals surface area contributed by atoms with Crippen LogP contribution >= 0.6 is 11.3 Å². The lowest BCUT2D eigenvalue weighted by molar-refractivity contribution is -0.129. The summed E-state index contributed by atoms with van der Waals surface area (Å²) < 4.78 is 4.76. The highest BCUT2D eigenvalue weighted by Crippen LogP contribution is 2.26. The Bertz CT molecular complexity index is 866. The Kier molecular flexibility index (Phi) is 9.30. The molecule has 1 aromatic carbocycles. The van der Waals surface area contributed by atoms with Crippen molar-refractivity contribution >= 4 is 23.2 Å². The van der Waals surface area contributed by atoms with Crippen molar-refractivity contribution in [3.05, 3.63) is 57.8 Å². The van der Waals surface area contributed by atoms with E-state index in [0.29, 0.717) is 11.3 Å². The molecule has 2 aromatic rings. The van der Waals surface area contributed by atoms with E-state index in [4.69, 9.17) is 4.74 Å². The Hall–Kier alpha value is -2.18. The second-order valence-corrected chi connectivity index (χ2v) is 9.96. The van der Waals surface area contributed by atoms with Gasteiger partial charge in [-0.1, -0.05) is 37.3 Å². The molecule has 1 N–H and O–H groups in total. The van der Waals surface area contributed by atoms with Crippen molar-refractivity contribution in [3.63, 3.8) is 0 Å². The van der Waals surface area contributed by atoms with Gasteiger partial charge in [-0.3, -0.25) is 4.79 Å². The van der Waals surface area contributed by atoms with Gasteiger partial charge < -0.3 is 14.7 Å². The number of aryl methyl sites for hydroxylation is 2. The van der Waals surface area contributed by atoms with Gasteiger partial charge in [0.2, 0.25) is 5.91 Å². The highest BCUT2D eigenvalue weighted by molar-refractivity contribution is 7.13. The molecule has 32 heavy (non-hydrogen) atoms. The SMILES string of the molecule is COC(=O)c1ccc(CCCN2C(=O)CC[C@@H]2CC[C@@H](O)[C@@H](C)CCc2ccccc2)s1. The van der Waals surface area contributed by atoms with Crippen LogP contribution in [0.1, 0.15) is 65.6 Å². The zero-order valence-corrected chi connectivity index (χ0v) is 20.0. The zero-order chi connectivity index (χ0) is 22.9. The smallest absolute Gasteiger partial charge is 0.348 e. The van der Waals surface area contributed by atoms with Gasteiger partial charge >= 0.3 is 5.97 Å². The van der Waals surface area contributed by atoms with E-state index < -0.39 is 0 Å². The number of rotatable bonds is 12. The summed E-state index contributed by atoms with van der Waals surface area (Å²) in [6.07, 6.45) is 6.41. The second-order valence-electron chi connectivity index (χ2n) is 8.79. The third kappa shape index (κ3) is 6.91. The van der Waals surface area contributed by atoms with Crippen LogP contribution in [0.25, 0.3) is 0 Å². The van der Waals surface area contributed by atoms with Crippen molar-refractivity contribution in [1.82, 2.24) is 4.90 Å². The molecule has 0 radical (unpaired) electrons. The summed E-state index contributed by atoms with van der Waals surface area (Å²) in [5, 5.41) is 10.7. The summed E-state index contributed by atoms with van der Waals surface area (Å²) in [4.78, 5) is 27.8. The first-order chi connectivity index (χ1) is 15.5. The van der Waals surface area contributed by atoms with E-state index in [-0.39, 0.29) is 29.9 Å². The van der Waals surface area contributed by atoms with Gasteiger partial charge in [-0.05, 0) is 68.6 Å². The van der Waals surface area contributed by atoms with Crippen molar-refractivity contribution < 1.29 is 19.4 Å². The molecule has 1 aromatic heterocycles. The van der Waals surface area contributed by atoms with E-state index in [1.54, 1.807) is 6.07 Å². The fourth-order valence-corrected chi connectivity index (χ4v) is 5.39. The Morgan fingerprint density at radius 2 is 1.97 bits per heavy atom. The molecule has 0 aliphatic carbocycles. The molecule has 1 amide bonds. The van der Waals surface area contributed by atoms with Gasteiger partial charge in [0.1, 0.15) is 4.88 Å². The standard InChI is InChI=1S/C26H35NO4S/c1-19(10-11-20-7-4-3-5-8-20)23(28)15-12-21-13-17-25(29)27(21)18-6-9-22-14-16-24(32-22)26(30)31-2/h3-5,7-8,14,16,19,21,23,28H,6,9-13,15,17-18H2,1-2H3/t19-,21-,23+/m0/s1. The minimum absolute atomic E-state index is 0.225. The van der Waals surface area contributed by atoms with Crippen LogP contribution in [0.4, 0.5) is 0 Å². The lowest BCUT2D eigenvalue weighted by Crippen LogP contribution is -2.35. The molecule has 0 unspecified atom stereocenters. The summed E-state index contributed by atoms with van der Waals surface area (Å²) in [7, 11) is 1.39. The minimum Gasteiger partial charge on any atom is -0.465 e. The summed E-state index contributed by atoms with van der Waals surface area (Å²) in [6.45, 7) is 2.85. The molecule has 6 heteroatoms. The number of hydrogen-bond acceptors (Lipinski definition) is 5. The first-order valence-electron chi connectivity index (χ1n) is 11.7. The minimum atomic E-state index is -0.334. The van der Waals surface area contributed by atoms with Crippen LogP contribution in [0, 0.1) is 5.92 Å². The van der Waals surface area contributed by atoms with Crippen LogP contribution in [0.5, 0.6) is 0 Å². The normalized spacial score (nSPS) is 18.0. The van der Waals surface area contributed by atoms with Crippen LogP contribution in [-0.4, -0.2) is 47.7 Å². The molecule has 3 atom stereocenters. The van der Waals surface area contributed by atoms with Gasteiger partial charge in [0.05, 0.1) is 13.2 Å². The molecule has 5 nitrogen and oxygen atoms in total. The third-order valence-electron chi connectivity index (χ3n) is 6.51. The number of esters is 1. The average molecular weight is 458 g/mol. The number of hydrogen-bond donors (Lipinski definition) is 1. The van der Waals surface area contributed by atoms with Gasteiger partial charge in [-0.2, -0.15) is 0 Å². The van der Waals surface area contributed by atoms with Crippen LogP contribution < -0.4 is 0 Å². The molecule has 174 valence electrons.